The van der Waals surface area contributed by atoms with Crippen LogP contribution >= 0.6 is 11.3 Å². The maximum atomic E-state index is 11.5. The van der Waals surface area contributed by atoms with Crippen LogP contribution < -0.4 is 16.2 Å². The van der Waals surface area contributed by atoms with Crippen LogP contribution in [-0.2, 0) is 12.8 Å². The third-order valence-corrected chi connectivity index (χ3v) is 5.47. The van der Waals surface area contributed by atoms with Gasteiger partial charge in [-0.2, -0.15) is 0 Å². The van der Waals surface area contributed by atoms with Gasteiger partial charge in [0.05, 0.1) is 16.8 Å². The van der Waals surface area contributed by atoms with E-state index in [1.165, 1.54) is 21.9 Å². The largest absolute Gasteiger partial charge is 0.368 e. The van der Waals surface area contributed by atoms with Gasteiger partial charge in [0.1, 0.15) is 0 Å². The van der Waals surface area contributed by atoms with E-state index < -0.39 is 0 Å². The van der Waals surface area contributed by atoms with Gasteiger partial charge in [-0.05, 0) is 44.2 Å². The fourth-order valence-corrected chi connectivity index (χ4v) is 3.68. The Morgan fingerprint density at radius 2 is 2.00 bits per heavy atom. The average molecular weight is 345 g/mol. The second-order valence-corrected chi connectivity index (χ2v) is 7.21. The summed E-state index contributed by atoms with van der Waals surface area (Å²) in [5.41, 5.74) is 4.43. The Kier molecular flexibility index (Phi) is 5.44. The van der Waals surface area contributed by atoms with Crippen molar-refractivity contribution in [3.63, 3.8) is 0 Å². The summed E-state index contributed by atoms with van der Waals surface area (Å²) >= 11 is 1.48. The highest BCUT2D eigenvalue weighted by Crippen LogP contribution is 2.19. The minimum atomic E-state index is -0.235. The van der Waals surface area contributed by atoms with Gasteiger partial charge < -0.3 is 9.80 Å². The Hall–Kier alpha value is -1.96. The molecule has 1 aliphatic rings. The predicted molar refractivity (Wildman–Crippen MR) is 97.3 cm³/mol. The van der Waals surface area contributed by atoms with Gasteiger partial charge in [0.15, 0.2) is 0 Å². The number of nitrogens with one attached hydrogen (secondary N) is 1. The Balaban J connectivity index is 1.54. The molecule has 0 unspecified atom stereocenters. The standard InChI is InChI=1S/C17H23N5OS/c1-21-8-10-22(11-9-21)14-4-2-13(19-12-14)3-5-15-6-7-16(24-15)17(23)20-18/h2,4,6-7,12H,3,5,8-11,18H2,1H3,(H,20,23). The number of nitrogens with zero attached hydrogens (tertiary/aromatic N) is 3. The van der Waals surface area contributed by atoms with Gasteiger partial charge in [-0.15, -0.1) is 11.3 Å². The Bertz CT molecular complexity index is 677. The molecule has 0 radical (unpaired) electrons. The minimum Gasteiger partial charge on any atom is -0.368 e. The van der Waals surface area contributed by atoms with Crippen molar-refractivity contribution in [3.05, 3.63) is 45.9 Å². The molecule has 3 N–H and O–H groups in total. The summed E-state index contributed by atoms with van der Waals surface area (Å²) in [6, 6.07) is 8.06. The van der Waals surface area contributed by atoms with Crippen LogP contribution in [0, 0.1) is 0 Å². The number of hydrogen-bond acceptors (Lipinski definition) is 6. The molecule has 0 atom stereocenters. The zero-order chi connectivity index (χ0) is 16.9. The van der Waals surface area contributed by atoms with Crippen LogP contribution in [0.1, 0.15) is 20.2 Å². The molecule has 3 heterocycles. The van der Waals surface area contributed by atoms with Crippen molar-refractivity contribution in [2.24, 2.45) is 5.84 Å². The number of nitrogen functional groups attached to an aromatic ring is 1. The number of carbonyl (C=O) groups is 1. The first kappa shape index (κ1) is 16.9. The van der Waals surface area contributed by atoms with Crippen molar-refractivity contribution in [2.45, 2.75) is 12.8 Å². The maximum Gasteiger partial charge on any atom is 0.275 e. The second-order valence-electron chi connectivity index (χ2n) is 6.04. The van der Waals surface area contributed by atoms with E-state index in [4.69, 9.17) is 5.84 Å². The van der Waals surface area contributed by atoms with E-state index >= 15 is 0 Å². The molecule has 2 aromatic heterocycles. The highest BCUT2D eigenvalue weighted by Gasteiger charge is 2.14. The number of aromatic nitrogens is 1. The second kappa shape index (κ2) is 7.74. The lowest BCUT2D eigenvalue weighted by molar-refractivity contribution is 0.0957. The van der Waals surface area contributed by atoms with Crippen LogP contribution in [0.2, 0.25) is 0 Å². The molecular formula is C17H23N5OS. The van der Waals surface area contributed by atoms with Crippen LogP contribution in [0.25, 0.3) is 0 Å². The Labute approximate surface area is 146 Å². The molecule has 3 rings (SSSR count). The molecule has 1 saturated heterocycles. The lowest BCUT2D eigenvalue weighted by atomic mass is 10.2. The molecule has 128 valence electrons. The molecule has 0 saturated carbocycles. The summed E-state index contributed by atoms with van der Waals surface area (Å²) in [5, 5.41) is 0. The number of pyridine rings is 1. The lowest BCUT2D eigenvalue weighted by Gasteiger charge is -2.33. The van der Waals surface area contributed by atoms with Crippen LogP contribution in [0.3, 0.4) is 0 Å². The van der Waals surface area contributed by atoms with E-state index in [2.05, 4.69) is 39.4 Å². The van der Waals surface area contributed by atoms with Crippen LogP contribution in [0.5, 0.6) is 0 Å². The number of piperazine rings is 1. The number of hydrazine groups is 1. The lowest BCUT2D eigenvalue weighted by Crippen LogP contribution is -2.44. The van der Waals surface area contributed by atoms with E-state index in [-0.39, 0.29) is 5.91 Å². The zero-order valence-corrected chi connectivity index (χ0v) is 14.7. The third kappa shape index (κ3) is 4.11. The van der Waals surface area contributed by atoms with Crippen molar-refractivity contribution in [2.75, 3.05) is 38.1 Å². The van der Waals surface area contributed by atoms with Crippen LogP contribution in [-0.4, -0.2) is 49.0 Å². The Morgan fingerprint density at radius 1 is 1.21 bits per heavy atom. The van der Waals surface area contributed by atoms with Gasteiger partial charge in [-0.1, -0.05) is 0 Å². The molecule has 1 aliphatic heterocycles. The van der Waals surface area contributed by atoms with Gasteiger partial charge >= 0.3 is 0 Å². The van der Waals surface area contributed by atoms with E-state index in [1.807, 2.05) is 18.3 Å². The van der Waals surface area contributed by atoms with Crippen molar-refractivity contribution >= 4 is 22.9 Å². The number of nitrogens with two attached hydrogens (primary N) is 1. The predicted octanol–water partition coefficient (Wildman–Crippen LogP) is 1.28. The van der Waals surface area contributed by atoms with Crippen molar-refractivity contribution in [1.29, 1.82) is 0 Å². The molecule has 1 fully saturated rings. The van der Waals surface area contributed by atoms with Crippen LogP contribution in [0.4, 0.5) is 5.69 Å². The number of thiophene rings is 1. The molecule has 0 aliphatic carbocycles. The summed E-state index contributed by atoms with van der Waals surface area (Å²) in [4.78, 5) is 22.6. The highest BCUT2D eigenvalue weighted by molar-refractivity contribution is 7.14. The molecule has 0 aromatic carbocycles. The summed E-state index contributed by atoms with van der Waals surface area (Å²) in [5.74, 6) is 4.92. The van der Waals surface area contributed by atoms with Gasteiger partial charge in [0.25, 0.3) is 5.91 Å². The number of carbonyl (C=O) groups excluding carboxylic acids is 1. The fraction of sp³-hybridized carbons (Fsp3) is 0.412. The molecule has 0 bridgehead atoms. The number of anilines is 1. The molecule has 1 amide bonds. The van der Waals surface area contributed by atoms with Gasteiger partial charge in [0, 0.05) is 36.8 Å². The number of amides is 1. The minimum absolute atomic E-state index is 0.235. The molecule has 7 heteroatoms. The van der Waals surface area contributed by atoms with Crippen molar-refractivity contribution in [3.8, 4) is 0 Å². The van der Waals surface area contributed by atoms with Crippen molar-refractivity contribution in [1.82, 2.24) is 15.3 Å². The van der Waals surface area contributed by atoms with Gasteiger partial charge in [0.2, 0.25) is 0 Å². The maximum absolute atomic E-state index is 11.5. The monoisotopic (exact) mass is 345 g/mol. The quantitative estimate of drug-likeness (QED) is 0.485. The summed E-state index contributed by atoms with van der Waals surface area (Å²) in [6.45, 7) is 4.30. The number of aryl methyl sites for hydroxylation is 2. The molecule has 2 aromatic rings. The molecule has 6 nitrogen and oxygen atoms in total. The zero-order valence-electron chi connectivity index (χ0n) is 13.9. The summed E-state index contributed by atoms with van der Waals surface area (Å²) in [6.07, 6.45) is 3.72. The van der Waals surface area contributed by atoms with E-state index in [0.717, 1.165) is 44.7 Å². The van der Waals surface area contributed by atoms with Crippen LogP contribution in [0.15, 0.2) is 30.5 Å². The first-order valence-electron chi connectivity index (χ1n) is 8.14. The van der Waals surface area contributed by atoms with E-state index in [0.29, 0.717) is 4.88 Å². The summed E-state index contributed by atoms with van der Waals surface area (Å²) in [7, 11) is 2.16. The molecule has 24 heavy (non-hydrogen) atoms. The van der Waals surface area contributed by atoms with Crippen molar-refractivity contribution < 1.29 is 4.79 Å². The third-order valence-electron chi connectivity index (χ3n) is 4.32. The first-order valence-corrected chi connectivity index (χ1v) is 8.95. The Morgan fingerprint density at radius 3 is 2.67 bits per heavy atom. The summed E-state index contributed by atoms with van der Waals surface area (Å²) < 4.78 is 0. The average Bonchev–Trinajstić information content (AvgIpc) is 3.09. The van der Waals surface area contributed by atoms with Gasteiger partial charge in [-0.3, -0.25) is 15.2 Å². The fourth-order valence-electron chi connectivity index (χ4n) is 2.77. The normalized spacial score (nSPS) is 15.5. The number of hydrogen-bond donors (Lipinski definition) is 2. The molecular weight excluding hydrogens is 322 g/mol. The molecule has 0 spiro atoms. The highest BCUT2D eigenvalue weighted by atomic mass is 32.1. The smallest absolute Gasteiger partial charge is 0.275 e. The van der Waals surface area contributed by atoms with Gasteiger partial charge in [-0.25, -0.2) is 5.84 Å². The van der Waals surface area contributed by atoms with E-state index in [9.17, 15) is 4.79 Å². The SMILES string of the molecule is CN1CCN(c2ccc(CCc3ccc(C(=O)NN)s3)nc2)CC1. The topological polar surface area (TPSA) is 74.5 Å². The first-order chi connectivity index (χ1) is 11.7. The number of rotatable bonds is 5. The number of likely N-dealkylation sites (N-methyl/N-ethyl adjacent to an activating group) is 1. The van der Waals surface area contributed by atoms with E-state index in [1.54, 1.807) is 0 Å².